The summed E-state index contributed by atoms with van der Waals surface area (Å²) in [4.78, 5) is 16.7. The van der Waals surface area contributed by atoms with E-state index in [0.29, 0.717) is 28.6 Å². The SMILES string of the molecule is Cc1nc(Cl)c2nc(OCc3ccccc3)ncc2n1. The molecule has 0 N–H and O–H groups in total. The molecule has 3 rings (SSSR count). The van der Waals surface area contributed by atoms with E-state index in [2.05, 4.69) is 19.9 Å². The molecule has 2 aromatic heterocycles. The molecule has 0 saturated carbocycles. The summed E-state index contributed by atoms with van der Waals surface area (Å²) >= 11 is 6.05. The summed E-state index contributed by atoms with van der Waals surface area (Å²) in [5.74, 6) is 0.587. The third-order valence-corrected chi connectivity index (χ3v) is 2.96. The van der Waals surface area contributed by atoms with Gasteiger partial charge in [-0.3, -0.25) is 0 Å². The van der Waals surface area contributed by atoms with Crippen molar-refractivity contribution in [2.75, 3.05) is 0 Å². The van der Waals surface area contributed by atoms with Crippen LogP contribution in [-0.4, -0.2) is 19.9 Å². The molecule has 0 bridgehead atoms. The molecule has 6 heteroatoms. The second-order valence-corrected chi connectivity index (χ2v) is 4.58. The van der Waals surface area contributed by atoms with Gasteiger partial charge in [-0.2, -0.15) is 4.98 Å². The molecule has 5 nitrogen and oxygen atoms in total. The molecule has 20 heavy (non-hydrogen) atoms. The topological polar surface area (TPSA) is 60.8 Å². The standard InChI is InChI=1S/C14H11ClN4O/c1-9-17-11-7-16-14(19-12(11)13(15)18-9)20-8-10-5-3-2-4-6-10/h2-7H,8H2,1H3. The molecule has 0 fully saturated rings. The van der Waals surface area contributed by atoms with E-state index in [1.165, 1.54) is 0 Å². The molecule has 0 aliphatic carbocycles. The Morgan fingerprint density at radius 1 is 1.10 bits per heavy atom. The number of hydrogen-bond donors (Lipinski definition) is 0. The number of benzene rings is 1. The van der Waals surface area contributed by atoms with E-state index in [9.17, 15) is 0 Å². The fourth-order valence-electron chi connectivity index (χ4n) is 1.78. The van der Waals surface area contributed by atoms with E-state index in [4.69, 9.17) is 16.3 Å². The fraction of sp³-hybridized carbons (Fsp3) is 0.143. The van der Waals surface area contributed by atoms with Gasteiger partial charge in [-0.15, -0.1) is 0 Å². The third-order valence-electron chi connectivity index (χ3n) is 2.70. The lowest BCUT2D eigenvalue weighted by molar-refractivity contribution is 0.282. The third kappa shape index (κ3) is 2.67. The van der Waals surface area contributed by atoms with Crippen molar-refractivity contribution in [2.45, 2.75) is 13.5 Å². The molecule has 100 valence electrons. The zero-order valence-corrected chi connectivity index (χ0v) is 11.5. The number of nitrogens with zero attached hydrogens (tertiary/aromatic N) is 4. The molecular weight excluding hydrogens is 276 g/mol. The van der Waals surface area contributed by atoms with Crippen LogP contribution in [0.5, 0.6) is 6.01 Å². The maximum Gasteiger partial charge on any atom is 0.317 e. The van der Waals surface area contributed by atoms with Gasteiger partial charge in [-0.25, -0.2) is 15.0 Å². The van der Waals surface area contributed by atoms with Gasteiger partial charge < -0.3 is 4.74 Å². The summed E-state index contributed by atoms with van der Waals surface area (Å²) in [5.41, 5.74) is 2.15. The second kappa shape index (κ2) is 5.38. The number of rotatable bonds is 3. The van der Waals surface area contributed by atoms with Gasteiger partial charge in [0.2, 0.25) is 0 Å². The zero-order valence-electron chi connectivity index (χ0n) is 10.7. The largest absolute Gasteiger partial charge is 0.459 e. The van der Waals surface area contributed by atoms with Gasteiger partial charge in [-0.05, 0) is 12.5 Å². The van der Waals surface area contributed by atoms with Crippen molar-refractivity contribution in [1.82, 2.24) is 19.9 Å². The van der Waals surface area contributed by atoms with Crippen LogP contribution in [0.25, 0.3) is 11.0 Å². The first-order valence-electron chi connectivity index (χ1n) is 6.06. The highest BCUT2D eigenvalue weighted by molar-refractivity contribution is 6.33. The summed E-state index contributed by atoms with van der Waals surface area (Å²) < 4.78 is 5.55. The number of ether oxygens (including phenoxy) is 1. The van der Waals surface area contributed by atoms with Gasteiger partial charge in [0.05, 0.1) is 6.20 Å². The van der Waals surface area contributed by atoms with Crippen molar-refractivity contribution < 1.29 is 4.74 Å². The molecule has 1 aromatic carbocycles. The highest BCUT2D eigenvalue weighted by Crippen LogP contribution is 2.19. The van der Waals surface area contributed by atoms with E-state index in [-0.39, 0.29) is 6.01 Å². The number of hydrogen-bond acceptors (Lipinski definition) is 5. The first kappa shape index (κ1) is 12.7. The van der Waals surface area contributed by atoms with Crippen LogP contribution >= 0.6 is 11.6 Å². The minimum atomic E-state index is 0.260. The summed E-state index contributed by atoms with van der Waals surface area (Å²) in [7, 11) is 0. The molecule has 0 aliphatic rings. The van der Waals surface area contributed by atoms with E-state index in [0.717, 1.165) is 5.56 Å². The zero-order chi connectivity index (χ0) is 13.9. The van der Waals surface area contributed by atoms with Crippen molar-refractivity contribution in [2.24, 2.45) is 0 Å². The van der Waals surface area contributed by atoms with Crippen molar-refractivity contribution in [3.8, 4) is 6.01 Å². The normalized spacial score (nSPS) is 10.7. The Morgan fingerprint density at radius 2 is 1.90 bits per heavy atom. The predicted octanol–water partition coefficient (Wildman–Crippen LogP) is 2.96. The van der Waals surface area contributed by atoms with Gasteiger partial charge in [0.1, 0.15) is 23.5 Å². The van der Waals surface area contributed by atoms with Crippen LogP contribution < -0.4 is 4.74 Å². The van der Waals surface area contributed by atoms with Gasteiger partial charge in [0.15, 0.2) is 5.15 Å². The highest BCUT2D eigenvalue weighted by Gasteiger charge is 2.08. The predicted molar refractivity (Wildman–Crippen MR) is 75.6 cm³/mol. The van der Waals surface area contributed by atoms with Crippen LogP contribution in [0.3, 0.4) is 0 Å². The van der Waals surface area contributed by atoms with E-state index in [1.54, 1.807) is 13.1 Å². The number of aromatic nitrogens is 4. The summed E-state index contributed by atoms with van der Waals surface area (Å²) in [6, 6.07) is 10.1. The smallest absolute Gasteiger partial charge is 0.317 e. The van der Waals surface area contributed by atoms with E-state index < -0.39 is 0 Å². The monoisotopic (exact) mass is 286 g/mol. The number of fused-ring (bicyclic) bond motifs is 1. The van der Waals surface area contributed by atoms with Crippen LogP contribution in [0.2, 0.25) is 5.15 Å². The first-order valence-corrected chi connectivity index (χ1v) is 6.44. The molecule has 0 atom stereocenters. The molecule has 0 amide bonds. The van der Waals surface area contributed by atoms with Gasteiger partial charge in [0, 0.05) is 0 Å². The fourth-order valence-corrected chi connectivity index (χ4v) is 2.04. The van der Waals surface area contributed by atoms with Crippen molar-refractivity contribution in [3.05, 3.63) is 53.1 Å². The number of halogens is 1. The van der Waals surface area contributed by atoms with Gasteiger partial charge >= 0.3 is 6.01 Å². The minimum Gasteiger partial charge on any atom is -0.459 e. The van der Waals surface area contributed by atoms with Gasteiger partial charge in [-0.1, -0.05) is 41.9 Å². The van der Waals surface area contributed by atoms with E-state index in [1.807, 2.05) is 30.3 Å². The molecule has 0 saturated heterocycles. The van der Waals surface area contributed by atoms with Crippen molar-refractivity contribution in [1.29, 1.82) is 0 Å². The molecule has 0 unspecified atom stereocenters. The first-order chi connectivity index (χ1) is 9.72. The average Bonchev–Trinajstić information content (AvgIpc) is 2.46. The Labute approximate surface area is 120 Å². The minimum absolute atomic E-state index is 0.260. The molecule has 2 heterocycles. The Morgan fingerprint density at radius 3 is 2.70 bits per heavy atom. The Bertz CT molecular complexity index is 749. The molecule has 0 aliphatic heterocycles. The summed E-state index contributed by atoms with van der Waals surface area (Å²) in [5, 5.41) is 0.305. The maximum absolute atomic E-state index is 6.05. The number of aryl methyl sites for hydroxylation is 1. The lowest BCUT2D eigenvalue weighted by atomic mass is 10.2. The summed E-state index contributed by atoms with van der Waals surface area (Å²) in [6.07, 6.45) is 1.59. The quantitative estimate of drug-likeness (QED) is 0.693. The van der Waals surface area contributed by atoms with Crippen LogP contribution in [-0.2, 0) is 6.61 Å². The second-order valence-electron chi connectivity index (χ2n) is 4.22. The van der Waals surface area contributed by atoms with Gasteiger partial charge in [0.25, 0.3) is 0 Å². The highest BCUT2D eigenvalue weighted by atomic mass is 35.5. The lowest BCUT2D eigenvalue weighted by Gasteiger charge is -2.05. The molecule has 0 radical (unpaired) electrons. The Balaban J connectivity index is 1.86. The van der Waals surface area contributed by atoms with Crippen LogP contribution in [0.1, 0.15) is 11.4 Å². The Kier molecular flexibility index (Phi) is 3.43. The summed E-state index contributed by atoms with van der Waals surface area (Å²) in [6.45, 7) is 2.17. The van der Waals surface area contributed by atoms with E-state index >= 15 is 0 Å². The molecular formula is C14H11ClN4O. The maximum atomic E-state index is 6.05. The van der Waals surface area contributed by atoms with Crippen molar-refractivity contribution >= 4 is 22.6 Å². The Hall–Kier alpha value is -2.27. The lowest BCUT2D eigenvalue weighted by Crippen LogP contribution is -2.01. The van der Waals surface area contributed by atoms with Crippen LogP contribution in [0, 0.1) is 6.92 Å². The van der Waals surface area contributed by atoms with Crippen molar-refractivity contribution in [3.63, 3.8) is 0 Å². The average molecular weight is 287 g/mol. The van der Waals surface area contributed by atoms with Crippen LogP contribution in [0.4, 0.5) is 0 Å². The van der Waals surface area contributed by atoms with Crippen LogP contribution in [0.15, 0.2) is 36.5 Å². The molecule has 3 aromatic rings. The molecule has 0 spiro atoms.